The quantitative estimate of drug-likeness (QED) is 0.665. The van der Waals surface area contributed by atoms with E-state index in [4.69, 9.17) is 16.3 Å². The molecule has 0 bridgehead atoms. The Hall–Kier alpha value is -1.06. The first-order valence-electron chi connectivity index (χ1n) is 5.19. The zero-order valence-electron chi connectivity index (χ0n) is 10.1. The molecule has 0 heterocycles. The Labute approximate surface area is 117 Å². The van der Waals surface area contributed by atoms with Gasteiger partial charge in [-0.05, 0) is 24.6 Å². The number of alkyl halides is 3. The summed E-state index contributed by atoms with van der Waals surface area (Å²) in [5, 5.41) is 0.174. The summed E-state index contributed by atoms with van der Waals surface area (Å²) < 4.78 is 76.7. The first-order chi connectivity index (χ1) is 9.04. The molecule has 0 atom stereocenters. The second kappa shape index (κ2) is 6.15. The van der Waals surface area contributed by atoms with E-state index in [2.05, 4.69) is 0 Å². The van der Waals surface area contributed by atoms with Gasteiger partial charge in [0.25, 0.3) is 0 Å². The molecular weight excluding hydrogens is 326 g/mol. The van der Waals surface area contributed by atoms with Crippen LogP contribution in [0.3, 0.4) is 0 Å². The van der Waals surface area contributed by atoms with Gasteiger partial charge in [0, 0.05) is 11.6 Å². The number of benzene rings is 1. The van der Waals surface area contributed by atoms with E-state index in [0.29, 0.717) is 5.56 Å². The van der Waals surface area contributed by atoms with E-state index >= 15 is 0 Å². The van der Waals surface area contributed by atoms with Crippen molar-refractivity contribution >= 4 is 21.6 Å². The fourth-order valence-electron chi connectivity index (χ4n) is 1.16. The van der Waals surface area contributed by atoms with Crippen LogP contribution in [0.25, 0.3) is 0 Å². The summed E-state index contributed by atoms with van der Waals surface area (Å²) in [7, 11) is -5.42. The molecule has 0 radical (unpaired) electrons. The molecule has 0 aliphatic heterocycles. The molecule has 0 aliphatic rings. The van der Waals surface area contributed by atoms with Crippen molar-refractivity contribution in [1.82, 2.24) is 4.72 Å². The summed E-state index contributed by atoms with van der Waals surface area (Å²) in [6.45, 7) is 0.469. The lowest BCUT2D eigenvalue weighted by Crippen LogP contribution is -2.38. The minimum absolute atomic E-state index is 0.174. The van der Waals surface area contributed by atoms with E-state index in [9.17, 15) is 26.0 Å². The number of sulfonamides is 1. The third-order valence-electron chi connectivity index (χ3n) is 2.17. The molecule has 0 aromatic heterocycles. The number of ether oxygens (including phenoxy) is 1. The van der Waals surface area contributed by atoms with Crippen LogP contribution in [-0.2, 0) is 10.0 Å². The molecule has 114 valence electrons. The van der Waals surface area contributed by atoms with Gasteiger partial charge in [-0.1, -0.05) is 11.6 Å². The van der Waals surface area contributed by atoms with E-state index in [-0.39, 0.29) is 10.8 Å². The van der Waals surface area contributed by atoms with Crippen LogP contribution in [0.15, 0.2) is 12.1 Å². The van der Waals surface area contributed by atoms with Crippen LogP contribution in [0.5, 0.6) is 5.75 Å². The van der Waals surface area contributed by atoms with Crippen molar-refractivity contribution in [3.05, 3.63) is 28.5 Å². The summed E-state index contributed by atoms with van der Waals surface area (Å²) in [4.78, 5) is 0. The Balaban J connectivity index is 2.57. The molecule has 4 nitrogen and oxygen atoms in total. The maximum Gasteiger partial charge on any atom is 0.511 e. The van der Waals surface area contributed by atoms with Crippen molar-refractivity contribution in [3.8, 4) is 5.75 Å². The molecule has 10 heteroatoms. The van der Waals surface area contributed by atoms with Crippen LogP contribution in [-0.4, -0.2) is 27.1 Å². The van der Waals surface area contributed by atoms with Crippen LogP contribution in [0, 0.1) is 12.7 Å². The highest BCUT2D eigenvalue weighted by Gasteiger charge is 2.45. The molecule has 0 unspecified atom stereocenters. The molecule has 0 spiro atoms. The lowest BCUT2D eigenvalue weighted by atomic mass is 10.2. The minimum atomic E-state index is -5.42. The molecule has 1 aromatic rings. The highest BCUT2D eigenvalue weighted by Crippen LogP contribution is 2.25. The van der Waals surface area contributed by atoms with E-state index in [1.54, 1.807) is 6.92 Å². The summed E-state index contributed by atoms with van der Waals surface area (Å²) in [6, 6.07) is 2.25. The van der Waals surface area contributed by atoms with Gasteiger partial charge in [-0.25, -0.2) is 17.5 Å². The van der Waals surface area contributed by atoms with Gasteiger partial charge >= 0.3 is 15.5 Å². The normalized spacial score (nSPS) is 12.5. The lowest BCUT2D eigenvalue weighted by molar-refractivity contribution is -0.0448. The fourth-order valence-corrected chi connectivity index (χ4v) is 1.83. The number of hydrogen-bond acceptors (Lipinski definition) is 3. The number of aryl methyl sites for hydroxylation is 1. The van der Waals surface area contributed by atoms with E-state index in [1.165, 1.54) is 10.8 Å². The van der Waals surface area contributed by atoms with Crippen molar-refractivity contribution < 1.29 is 30.7 Å². The number of halogens is 5. The van der Waals surface area contributed by atoms with Gasteiger partial charge in [0.15, 0.2) is 11.6 Å². The minimum Gasteiger partial charge on any atom is -0.489 e. The van der Waals surface area contributed by atoms with Gasteiger partial charge in [-0.2, -0.15) is 13.2 Å². The largest absolute Gasteiger partial charge is 0.511 e. The summed E-state index contributed by atoms with van der Waals surface area (Å²) >= 11 is 5.65. The van der Waals surface area contributed by atoms with Crippen molar-refractivity contribution in [3.63, 3.8) is 0 Å². The molecule has 0 saturated carbocycles. The van der Waals surface area contributed by atoms with E-state index in [1.807, 2.05) is 0 Å². The van der Waals surface area contributed by atoms with Gasteiger partial charge in [0.05, 0.1) is 0 Å². The topological polar surface area (TPSA) is 55.4 Å². The van der Waals surface area contributed by atoms with Crippen LogP contribution in [0.4, 0.5) is 17.6 Å². The summed E-state index contributed by atoms with van der Waals surface area (Å²) in [5.41, 5.74) is -4.88. The molecule has 0 aliphatic carbocycles. The van der Waals surface area contributed by atoms with Crippen molar-refractivity contribution in [2.24, 2.45) is 0 Å². The maximum absolute atomic E-state index is 13.4. The Morgan fingerprint density at radius 1 is 1.35 bits per heavy atom. The lowest BCUT2D eigenvalue weighted by Gasteiger charge is -2.11. The summed E-state index contributed by atoms with van der Waals surface area (Å²) in [5.74, 6) is -1.02. The highest BCUT2D eigenvalue weighted by atomic mass is 35.5. The van der Waals surface area contributed by atoms with Crippen molar-refractivity contribution in [2.75, 3.05) is 13.2 Å². The van der Waals surface area contributed by atoms with Gasteiger partial charge in [-0.3, -0.25) is 0 Å². The van der Waals surface area contributed by atoms with Crippen molar-refractivity contribution in [2.45, 2.75) is 12.4 Å². The second-order valence-electron chi connectivity index (χ2n) is 3.72. The zero-order valence-corrected chi connectivity index (χ0v) is 11.7. The number of rotatable bonds is 5. The molecule has 20 heavy (non-hydrogen) atoms. The summed E-state index contributed by atoms with van der Waals surface area (Å²) in [6.07, 6.45) is 0. The zero-order chi connectivity index (χ0) is 15.6. The van der Waals surface area contributed by atoms with Gasteiger partial charge in [0.1, 0.15) is 6.61 Å². The molecule has 0 amide bonds. The van der Waals surface area contributed by atoms with E-state index < -0.39 is 34.5 Å². The smallest absolute Gasteiger partial charge is 0.489 e. The average molecular weight is 336 g/mol. The molecule has 1 N–H and O–H groups in total. The third kappa shape index (κ3) is 4.22. The molecule has 0 saturated heterocycles. The second-order valence-corrected chi connectivity index (χ2v) is 5.89. The van der Waals surface area contributed by atoms with Crippen LogP contribution >= 0.6 is 11.6 Å². The SMILES string of the molecule is Cc1cc(OCCNS(=O)(=O)C(F)(F)F)c(F)cc1Cl. The predicted molar refractivity (Wildman–Crippen MR) is 64.6 cm³/mol. The Bertz CT molecular complexity index is 589. The Kier molecular flexibility index (Phi) is 5.22. The first-order valence-corrected chi connectivity index (χ1v) is 7.05. The van der Waals surface area contributed by atoms with Gasteiger partial charge in [-0.15, -0.1) is 0 Å². The Morgan fingerprint density at radius 3 is 2.50 bits per heavy atom. The van der Waals surface area contributed by atoms with Crippen LogP contribution < -0.4 is 9.46 Å². The van der Waals surface area contributed by atoms with Crippen molar-refractivity contribution in [1.29, 1.82) is 0 Å². The third-order valence-corrected chi connectivity index (χ3v) is 3.77. The molecular formula is C10H10ClF4NO3S. The molecule has 1 aromatic carbocycles. The fraction of sp³-hybridized carbons (Fsp3) is 0.400. The number of hydrogen-bond donors (Lipinski definition) is 1. The van der Waals surface area contributed by atoms with Gasteiger partial charge in [0.2, 0.25) is 0 Å². The van der Waals surface area contributed by atoms with Crippen LogP contribution in [0.1, 0.15) is 5.56 Å². The molecule has 1 rings (SSSR count). The standard InChI is InChI=1S/C10H10ClF4NO3S/c1-6-4-9(8(12)5-7(6)11)19-3-2-16-20(17,18)10(13,14)15/h4-5,16H,2-3H2,1H3. The predicted octanol–water partition coefficient (Wildman–Crippen LogP) is 2.61. The Morgan fingerprint density at radius 2 is 1.95 bits per heavy atom. The first kappa shape index (κ1) is 17.0. The monoisotopic (exact) mass is 335 g/mol. The number of nitrogens with one attached hydrogen (secondary N) is 1. The van der Waals surface area contributed by atoms with Crippen LogP contribution in [0.2, 0.25) is 5.02 Å². The highest BCUT2D eigenvalue weighted by molar-refractivity contribution is 7.90. The average Bonchev–Trinajstić information content (AvgIpc) is 2.29. The maximum atomic E-state index is 13.4. The van der Waals surface area contributed by atoms with Gasteiger partial charge < -0.3 is 4.74 Å². The molecule has 0 fully saturated rings. The van der Waals surface area contributed by atoms with E-state index in [0.717, 1.165) is 6.07 Å².